The smallest absolute Gasteiger partial charge is 0.272 e. The van der Waals surface area contributed by atoms with Gasteiger partial charge in [0, 0.05) is 18.5 Å². The number of rotatable bonds is 2. The Bertz CT molecular complexity index is 701. The summed E-state index contributed by atoms with van der Waals surface area (Å²) in [6.45, 7) is 0.574. The van der Waals surface area contributed by atoms with E-state index >= 15 is 0 Å². The van der Waals surface area contributed by atoms with Crippen LogP contribution in [0, 0.1) is 5.92 Å². The van der Waals surface area contributed by atoms with Crippen LogP contribution in [-0.4, -0.2) is 38.5 Å². The maximum Gasteiger partial charge on any atom is 0.272 e. The average molecular weight is 325 g/mol. The zero-order valence-electron chi connectivity index (χ0n) is 13.7. The van der Waals surface area contributed by atoms with Crippen LogP contribution in [0.3, 0.4) is 0 Å². The highest BCUT2D eigenvalue weighted by molar-refractivity contribution is 5.92. The molecular weight excluding hydrogens is 302 g/mol. The maximum atomic E-state index is 12.8. The van der Waals surface area contributed by atoms with E-state index in [0.717, 1.165) is 31.2 Å². The third kappa shape index (κ3) is 2.44. The van der Waals surface area contributed by atoms with Crippen molar-refractivity contribution < 1.29 is 9.90 Å². The molecule has 0 radical (unpaired) electrons. The number of nitrogens with zero attached hydrogens (tertiary/aromatic N) is 2. The number of H-pyrrole nitrogens is 1. The lowest BCUT2D eigenvalue weighted by Gasteiger charge is -2.52. The lowest BCUT2D eigenvalue weighted by atomic mass is 9.66. The largest absolute Gasteiger partial charge is 0.385 e. The number of benzene rings is 1. The van der Waals surface area contributed by atoms with Gasteiger partial charge >= 0.3 is 0 Å². The summed E-state index contributed by atoms with van der Waals surface area (Å²) < 4.78 is 0. The first-order chi connectivity index (χ1) is 11.7. The van der Waals surface area contributed by atoms with Crippen LogP contribution in [0.25, 0.3) is 0 Å². The van der Waals surface area contributed by atoms with E-state index < -0.39 is 5.60 Å². The van der Waals surface area contributed by atoms with E-state index in [2.05, 4.69) is 9.97 Å². The van der Waals surface area contributed by atoms with Gasteiger partial charge in [-0.1, -0.05) is 43.2 Å². The van der Waals surface area contributed by atoms with Crippen molar-refractivity contribution in [3.63, 3.8) is 0 Å². The third-order valence-electron chi connectivity index (χ3n) is 5.74. The number of hydrogen-bond donors (Lipinski definition) is 2. The number of likely N-dealkylation sites (tertiary alicyclic amines) is 1. The van der Waals surface area contributed by atoms with Crippen LogP contribution in [-0.2, 0) is 5.60 Å². The van der Waals surface area contributed by atoms with E-state index in [1.807, 2.05) is 35.2 Å². The summed E-state index contributed by atoms with van der Waals surface area (Å²) in [7, 11) is 0. The van der Waals surface area contributed by atoms with Gasteiger partial charge in [-0.15, -0.1) is 0 Å². The van der Waals surface area contributed by atoms with Crippen molar-refractivity contribution >= 4 is 5.91 Å². The molecule has 1 amide bonds. The minimum Gasteiger partial charge on any atom is -0.385 e. The number of piperidine rings is 1. The Balaban J connectivity index is 1.66. The number of amides is 1. The standard InChI is InChI=1S/C19H23N3O2/c23-18(16-12-20-13-21-16)22-11-10-19(24,14-6-2-1-3-7-14)15-8-4-5-9-17(15)22/h1-3,6-7,12-13,15,17,24H,4-5,8-11H2,(H,20,21)/t15-,17?,19-/m1/s1. The molecule has 1 aliphatic carbocycles. The van der Waals surface area contributed by atoms with E-state index in [1.165, 1.54) is 6.33 Å². The quantitative estimate of drug-likeness (QED) is 0.892. The third-order valence-corrected chi connectivity index (χ3v) is 5.74. The van der Waals surface area contributed by atoms with Gasteiger partial charge in [0.2, 0.25) is 0 Å². The van der Waals surface area contributed by atoms with Crippen molar-refractivity contribution in [1.82, 2.24) is 14.9 Å². The minimum absolute atomic E-state index is 0.000452. The zero-order chi connectivity index (χ0) is 16.6. The summed E-state index contributed by atoms with van der Waals surface area (Å²) in [5.74, 6) is 0.0915. The van der Waals surface area contributed by atoms with Crippen molar-refractivity contribution in [2.45, 2.75) is 43.7 Å². The van der Waals surface area contributed by atoms with Crippen LogP contribution in [0.4, 0.5) is 0 Å². The summed E-state index contributed by atoms with van der Waals surface area (Å²) in [4.78, 5) is 21.7. The molecule has 1 saturated carbocycles. The first-order valence-corrected chi connectivity index (χ1v) is 8.77. The molecule has 3 atom stereocenters. The van der Waals surface area contributed by atoms with E-state index in [4.69, 9.17) is 0 Å². The molecule has 0 bridgehead atoms. The van der Waals surface area contributed by atoms with Gasteiger partial charge in [0.25, 0.3) is 5.91 Å². The second-order valence-corrected chi connectivity index (χ2v) is 6.96. The Kier molecular flexibility index (Phi) is 3.88. The van der Waals surface area contributed by atoms with E-state index in [1.54, 1.807) is 6.20 Å². The Morgan fingerprint density at radius 3 is 2.79 bits per heavy atom. The fourth-order valence-corrected chi connectivity index (χ4v) is 4.55. The highest BCUT2D eigenvalue weighted by atomic mass is 16.3. The Labute approximate surface area is 141 Å². The molecule has 1 aromatic carbocycles. The van der Waals surface area contributed by atoms with Crippen LogP contribution in [0.15, 0.2) is 42.9 Å². The lowest BCUT2D eigenvalue weighted by Crippen LogP contribution is -2.59. The molecule has 1 aliphatic heterocycles. The first-order valence-electron chi connectivity index (χ1n) is 8.77. The first kappa shape index (κ1) is 15.4. The zero-order valence-corrected chi connectivity index (χ0v) is 13.7. The molecule has 5 nitrogen and oxygen atoms in total. The number of imidazole rings is 1. The molecule has 4 rings (SSSR count). The summed E-state index contributed by atoms with van der Waals surface area (Å²) in [5, 5.41) is 11.5. The fourth-order valence-electron chi connectivity index (χ4n) is 4.55. The van der Waals surface area contributed by atoms with Crippen LogP contribution >= 0.6 is 0 Å². The second kappa shape index (κ2) is 6.06. The van der Waals surface area contributed by atoms with E-state index in [-0.39, 0.29) is 17.9 Å². The molecule has 2 heterocycles. The van der Waals surface area contributed by atoms with E-state index in [9.17, 15) is 9.90 Å². The van der Waals surface area contributed by atoms with Crippen LogP contribution in [0.2, 0.25) is 0 Å². The topological polar surface area (TPSA) is 69.2 Å². The van der Waals surface area contributed by atoms with Gasteiger partial charge in [0.15, 0.2) is 0 Å². The predicted octanol–water partition coefficient (Wildman–Crippen LogP) is 2.70. The van der Waals surface area contributed by atoms with Crippen LogP contribution in [0.1, 0.15) is 48.2 Å². The number of carbonyl (C=O) groups excluding carboxylic acids is 1. The summed E-state index contributed by atoms with van der Waals surface area (Å²) in [6, 6.07) is 10.0. The Hall–Kier alpha value is -2.14. The summed E-state index contributed by atoms with van der Waals surface area (Å²) in [6.07, 6.45) is 7.84. The molecule has 5 heteroatoms. The minimum atomic E-state index is -0.836. The summed E-state index contributed by atoms with van der Waals surface area (Å²) >= 11 is 0. The highest BCUT2D eigenvalue weighted by Crippen LogP contribution is 2.47. The number of nitrogens with one attached hydrogen (secondary N) is 1. The molecule has 0 spiro atoms. The SMILES string of the molecule is O=C(c1cnc[nH]1)N1CC[C@@](O)(c2ccccc2)[C@@H]2CCCCC21. The average Bonchev–Trinajstić information content (AvgIpc) is 3.17. The molecule has 1 aromatic heterocycles. The highest BCUT2D eigenvalue weighted by Gasteiger charge is 2.50. The van der Waals surface area contributed by atoms with Gasteiger partial charge in [-0.25, -0.2) is 4.98 Å². The molecule has 1 saturated heterocycles. The van der Waals surface area contributed by atoms with Crippen LogP contribution in [0.5, 0.6) is 0 Å². The van der Waals surface area contributed by atoms with Gasteiger partial charge < -0.3 is 15.0 Å². The van der Waals surface area contributed by atoms with Crippen molar-refractivity contribution in [3.05, 3.63) is 54.1 Å². The molecule has 126 valence electrons. The Morgan fingerprint density at radius 1 is 1.25 bits per heavy atom. The fraction of sp³-hybridized carbons (Fsp3) is 0.474. The van der Waals surface area contributed by atoms with Crippen molar-refractivity contribution in [1.29, 1.82) is 0 Å². The predicted molar refractivity (Wildman–Crippen MR) is 90.3 cm³/mol. The molecule has 2 aromatic rings. The number of fused-ring (bicyclic) bond motifs is 1. The van der Waals surface area contributed by atoms with Gasteiger partial charge in [-0.05, 0) is 24.8 Å². The molecule has 2 fully saturated rings. The summed E-state index contributed by atoms with van der Waals surface area (Å²) in [5.41, 5.74) is 0.678. The van der Waals surface area contributed by atoms with Gasteiger partial charge in [0.05, 0.1) is 18.1 Å². The molecular formula is C19H23N3O2. The monoisotopic (exact) mass is 325 g/mol. The van der Waals surface area contributed by atoms with Crippen molar-refractivity contribution in [3.8, 4) is 0 Å². The number of aromatic nitrogens is 2. The van der Waals surface area contributed by atoms with E-state index in [0.29, 0.717) is 18.7 Å². The normalized spacial score (nSPS) is 30.0. The maximum absolute atomic E-state index is 12.8. The molecule has 2 aliphatic rings. The van der Waals surface area contributed by atoms with Gasteiger partial charge in [-0.2, -0.15) is 0 Å². The number of hydrogen-bond acceptors (Lipinski definition) is 3. The van der Waals surface area contributed by atoms with Crippen molar-refractivity contribution in [2.24, 2.45) is 5.92 Å². The van der Waals surface area contributed by atoms with Gasteiger partial charge in [-0.3, -0.25) is 4.79 Å². The number of aromatic amines is 1. The molecule has 1 unspecified atom stereocenters. The molecule has 24 heavy (non-hydrogen) atoms. The number of carbonyl (C=O) groups is 1. The molecule has 2 N–H and O–H groups in total. The van der Waals surface area contributed by atoms with Crippen molar-refractivity contribution in [2.75, 3.05) is 6.54 Å². The van der Waals surface area contributed by atoms with Crippen LogP contribution < -0.4 is 0 Å². The Morgan fingerprint density at radius 2 is 2.04 bits per heavy atom. The number of aliphatic hydroxyl groups is 1. The second-order valence-electron chi connectivity index (χ2n) is 6.96. The lowest BCUT2D eigenvalue weighted by molar-refractivity contribution is -0.110. The van der Waals surface area contributed by atoms with Gasteiger partial charge in [0.1, 0.15) is 5.69 Å².